The van der Waals surface area contributed by atoms with Gasteiger partial charge in [-0.3, -0.25) is 4.79 Å². The smallest absolute Gasteiger partial charge is 0.545 e. The summed E-state index contributed by atoms with van der Waals surface area (Å²) in [6.45, 7) is 1.74. The average molecular weight is 593 g/mol. The van der Waals surface area contributed by atoms with Gasteiger partial charge in [0, 0.05) is 22.7 Å². The fraction of sp³-hybridized carbons (Fsp3) is 0.200. The van der Waals surface area contributed by atoms with Crippen LogP contribution in [0.4, 0.5) is 5.69 Å². The molecule has 1 rings (SSSR count). The first-order valence-electron chi connectivity index (χ1n) is 4.57. The summed E-state index contributed by atoms with van der Waals surface area (Å²) in [6.07, 6.45) is 0.346. The van der Waals surface area contributed by atoms with E-state index >= 15 is 0 Å². The summed E-state index contributed by atoms with van der Waals surface area (Å²) >= 11 is 5.92. The molecule has 0 heterocycles. The van der Waals surface area contributed by atoms with E-state index < -0.39 is 5.97 Å². The van der Waals surface area contributed by atoms with Gasteiger partial charge in [0.1, 0.15) is 0 Å². The Morgan fingerprint density at radius 1 is 1.28 bits per heavy atom. The Balaban J connectivity index is 0.00000289. The van der Waals surface area contributed by atoms with Gasteiger partial charge in [0.15, 0.2) is 0 Å². The molecule has 0 aliphatic heterocycles. The van der Waals surface area contributed by atoms with Crippen molar-refractivity contribution in [3.8, 4) is 0 Å². The second-order valence-electron chi connectivity index (χ2n) is 3.09. The molecule has 0 aromatic heterocycles. The van der Waals surface area contributed by atoms with Gasteiger partial charge in [0.05, 0.1) is 11.7 Å². The average Bonchev–Trinajstić information content (AvgIpc) is 2.22. The van der Waals surface area contributed by atoms with Gasteiger partial charge in [-0.1, -0.05) is 6.92 Å². The van der Waals surface area contributed by atoms with Crippen molar-refractivity contribution in [2.24, 2.45) is 0 Å². The van der Waals surface area contributed by atoms with Crippen molar-refractivity contribution in [1.29, 1.82) is 0 Å². The number of hydrogen-bond donors (Lipinski definition) is 1. The molecule has 0 saturated heterocycles. The van der Waals surface area contributed by atoms with E-state index in [2.05, 4.69) is 27.9 Å². The van der Waals surface area contributed by atoms with Crippen molar-refractivity contribution in [1.82, 2.24) is 0 Å². The molecule has 0 aliphatic rings. The summed E-state index contributed by atoms with van der Waals surface area (Å²) in [5.74, 6) is -1.38. The molecule has 0 atom stereocenters. The van der Waals surface area contributed by atoms with E-state index in [1.807, 2.05) is 45.2 Å². The zero-order chi connectivity index (χ0) is 13.2. The fourth-order valence-corrected chi connectivity index (χ4v) is 5.20. The molecular formula is C10H7I3NNaO3. The van der Waals surface area contributed by atoms with Gasteiger partial charge in [-0.2, -0.15) is 0 Å². The molecule has 0 bridgehead atoms. The summed E-state index contributed by atoms with van der Waals surface area (Å²) in [5.41, 5.74) is 0.663. The minimum absolute atomic E-state index is 0. The number of carbonyl (C=O) groups excluding carboxylic acids is 2. The van der Waals surface area contributed by atoms with Crippen LogP contribution in [0.1, 0.15) is 23.7 Å². The largest absolute Gasteiger partial charge is 1.00 e. The molecule has 0 spiro atoms. The Morgan fingerprint density at radius 2 is 1.83 bits per heavy atom. The van der Waals surface area contributed by atoms with E-state index in [4.69, 9.17) is 0 Å². The number of aromatic carboxylic acids is 1. The number of rotatable bonds is 3. The summed E-state index contributed by atoms with van der Waals surface area (Å²) in [5, 5.41) is 13.7. The molecule has 1 aromatic carbocycles. The molecule has 0 radical (unpaired) electrons. The summed E-state index contributed by atoms with van der Waals surface area (Å²) in [7, 11) is 0. The molecule has 0 saturated carbocycles. The van der Waals surface area contributed by atoms with Crippen LogP contribution in [0, 0.1) is 10.7 Å². The Kier molecular flexibility index (Phi) is 9.24. The molecule has 0 unspecified atom stereocenters. The third kappa shape index (κ3) is 4.72. The molecule has 1 amide bonds. The first-order chi connectivity index (χ1) is 7.88. The fourth-order valence-electron chi connectivity index (χ4n) is 1.12. The number of carboxylic acids is 1. The monoisotopic (exact) mass is 593 g/mol. The van der Waals surface area contributed by atoms with Crippen LogP contribution in [0.15, 0.2) is 6.07 Å². The van der Waals surface area contributed by atoms with Gasteiger partial charge in [0.2, 0.25) is 5.91 Å². The Hall–Kier alpha value is 1.35. The number of anilines is 1. The van der Waals surface area contributed by atoms with Crippen molar-refractivity contribution >= 4 is 85.3 Å². The van der Waals surface area contributed by atoms with Crippen LogP contribution in [-0.2, 0) is 4.79 Å². The third-order valence-electron chi connectivity index (χ3n) is 1.96. The minimum atomic E-state index is -1.23. The molecular weight excluding hydrogens is 586 g/mol. The van der Waals surface area contributed by atoms with E-state index in [1.54, 1.807) is 13.0 Å². The van der Waals surface area contributed by atoms with E-state index in [0.29, 0.717) is 19.2 Å². The maximum Gasteiger partial charge on any atom is 1.00 e. The summed E-state index contributed by atoms with van der Waals surface area (Å²) < 4.78 is 1.91. The van der Waals surface area contributed by atoms with Gasteiger partial charge < -0.3 is 15.2 Å². The number of halogens is 3. The Bertz CT molecular complexity index is 494. The van der Waals surface area contributed by atoms with Gasteiger partial charge in [0.25, 0.3) is 0 Å². The predicted octanol–water partition coefficient (Wildman–Crippen LogP) is -0.784. The van der Waals surface area contributed by atoms with E-state index in [9.17, 15) is 14.7 Å². The molecule has 8 heteroatoms. The van der Waals surface area contributed by atoms with Crippen LogP contribution in [-0.4, -0.2) is 11.9 Å². The van der Waals surface area contributed by atoms with Crippen LogP contribution in [0.5, 0.6) is 0 Å². The first-order valence-corrected chi connectivity index (χ1v) is 7.80. The summed E-state index contributed by atoms with van der Waals surface area (Å²) in [4.78, 5) is 22.4. The van der Waals surface area contributed by atoms with Crippen LogP contribution in [0.25, 0.3) is 0 Å². The van der Waals surface area contributed by atoms with Crippen molar-refractivity contribution < 1.29 is 44.3 Å². The maximum absolute atomic E-state index is 11.4. The molecule has 1 aromatic rings. The predicted molar refractivity (Wildman–Crippen MR) is 87.8 cm³/mol. The molecule has 18 heavy (non-hydrogen) atoms. The number of carboxylic acid groups (broad SMARTS) is 1. The standard InChI is InChI=1S/C10H8I3NO3.Na/c1-2-6(15)14-9-5(12)3-4(11)7(8(9)13)10(16)17;/h3H,2H2,1H3,(H,14,15)(H,16,17);/q;+1/p-1. The number of amides is 1. The van der Waals surface area contributed by atoms with E-state index in [0.717, 1.165) is 3.57 Å². The SMILES string of the molecule is CCC(=O)Nc1c(I)cc(I)c(C(=O)[O-])c1I.[Na+]. The Labute approximate surface area is 168 Å². The Morgan fingerprint density at radius 3 is 2.28 bits per heavy atom. The quantitative estimate of drug-likeness (QED) is 0.370. The first kappa shape index (κ1) is 19.4. The third-order valence-corrected chi connectivity index (χ3v) is 4.74. The second kappa shape index (κ2) is 8.60. The minimum Gasteiger partial charge on any atom is -0.545 e. The van der Waals surface area contributed by atoms with Crippen molar-refractivity contribution in [2.45, 2.75) is 13.3 Å². The topological polar surface area (TPSA) is 69.2 Å². The van der Waals surface area contributed by atoms with Crippen LogP contribution in [0.2, 0.25) is 0 Å². The van der Waals surface area contributed by atoms with Crippen LogP contribution < -0.4 is 40.0 Å². The molecule has 1 N–H and O–H groups in total. The van der Waals surface area contributed by atoms with E-state index in [1.165, 1.54) is 0 Å². The van der Waals surface area contributed by atoms with Crippen LogP contribution in [0.3, 0.4) is 0 Å². The van der Waals surface area contributed by atoms with Crippen LogP contribution >= 0.6 is 67.8 Å². The van der Waals surface area contributed by atoms with Crippen molar-refractivity contribution in [3.63, 3.8) is 0 Å². The zero-order valence-electron chi connectivity index (χ0n) is 9.64. The molecule has 92 valence electrons. The van der Waals surface area contributed by atoms with Gasteiger partial charge in [-0.15, -0.1) is 0 Å². The summed E-state index contributed by atoms with van der Waals surface area (Å²) in [6, 6.07) is 1.71. The second-order valence-corrected chi connectivity index (χ2v) is 6.50. The van der Waals surface area contributed by atoms with Gasteiger partial charge in [-0.25, -0.2) is 0 Å². The maximum atomic E-state index is 11.4. The van der Waals surface area contributed by atoms with Crippen molar-refractivity contribution in [3.05, 3.63) is 22.3 Å². The molecule has 4 nitrogen and oxygen atoms in total. The normalized spacial score (nSPS) is 9.56. The molecule has 0 aliphatic carbocycles. The number of hydrogen-bond acceptors (Lipinski definition) is 3. The van der Waals surface area contributed by atoms with Crippen molar-refractivity contribution in [2.75, 3.05) is 5.32 Å². The van der Waals surface area contributed by atoms with E-state index in [-0.39, 0.29) is 41.0 Å². The van der Waals surface area contributed by atoms with Gasteiger partial charge >= 0.3 is 29.6 Å². The zero-order valence-corrected chi connectivity index (χ0v) is 18.1. The molecule has 0 fully saturated rings. The number of carbonyl (C=O) groups is 2. The number of benzene rings is 1. The van der Waals surface area contributed by atoms with Gasteiger partial charge in [-0.05, 0) is 73.8 Å². The number of nitrogens with one attached hydrogen (secondary N) is 1.